The summed E-state index contributed by atoms with van der Waals surface area (Å²) in [6.45, 7) is 3.49. The predicted molar refractivity (Wildman–Crippen MR) is 78.1 cm³/mol. The van der Waals surface area contributed by atoms with Crippen LogP contribution in [0.4, 0.5) is 4.39 Å². The third-order valence-corrected chi connectivity index (χ3v) is 5.02. The Morgan fingerprint density at radius 1 is 1.14 bits per heavy atom. The molecule has 5 heteroatoms. The smallest absolute Gasteiger partial charge is 0.227 e. The molecule has 22 heavy (non-hydrogen) atoms. The Morgan fingerprint density at radius 2 is 1.82 bits per heavy atom. The van der Waals surface area contributed by atoms with Gasteiger partial charge < -0.3 is 9.15 Å². The Hall–Kier alpha value is -1.75. The van der Waals surface area contributed by atoms with Gasteiger partial charge in [-0.1, -0.05) is 19.1 Å². The molecule has 2 heterocycles. The van der Waals surface area contributed by atoms with Crippen molar-refractivity contribution in [1.29, 1.82) is 0 Å². The van der Waals surface area contributed by atoms with Gasteiger partial charge >= 0.3 is 0 Å². The maximum absolute atomic E-state index is 13.3. The van der Waals surface area contributed by atoms with Gasteiger partial charge in [-0.2, -0.15) is 0 Å². The summed E-state index contributed by atoms with van der Waals surface area (Å²) >= 11 is 0. The molecule has 2 fully saturated rings. The van der Waals surface area contributed by atoms with Crippen molar-refractivity contribution in [2.24, 2.45) is 5.92 Å². The molecule has 2 aliphatic rings. The van der Waals surface area contributed by atoms with Crippen molar-refractivity contribution in [3.63, 3.8) is 0 Å². The molecule has 1 aliphatic heterocycles. The highest BCUT2D eigenvalue weighted by molar-refractivity contribution is 5.33. The SMILES string of the molecule is C[C@@H]1C[C@H]1c1nnc(C2(c3ccc(F)cc3)CCOCC2)o1. The van der Waals surface area contributed by atoms with Crippen LogP contribution in [-0.2, 0) is 10.2 Å². The minimum absolute atomic E-state index is 0.232. The molecule has 116 valence electrons. The zero-order chi connectivity index (χ0) is 15.2. The molecule has 4 rings (SSSR count). The first kappa shape index (κ1) is 13.9. The van der Waals surface area contributed by atoms with E-state index in [0.29, 0.717) is 30.9 Å². The fourth-order valence-electron chi connectivity index (χ4n) is 3.36. The Bertz CT molecular complexity index is 662. The van der Waals surface area contributed by atoms with E-state index in [2.05, 4.69) is 17.1 Å². The van der Waals surface area contributed by atoms with Crippen molar-refractivity contribution in [3.8, 4) is 0 Å². The lowest BCUT2D eigenvalue weighted by molar-refractivity contribution is 0.0540. The summed E-state index contributed by atoms with van der Waals surface area (Å²) < 4.78 is 24.8. The lowest BCUT2D eigenvalue weighted by atomic mass is 9.74. The standard InChI is InChI=1S/C17H19FN2O2/c1-11-10-14(11)15-19-20-16(22-15)17(6-8-21-9-7-17)12-2-4-13(18)5-3-12/h2-5,11,14H,6-10H2,1H3/t11-,14-/m1/s1. The van der Waals surface area contributed by atoms with Crippen molar-refractivity contribution in [3.05, 3.63) is 47.4 Å². The summed E-state index contributed by atoms with van der Waals surface area (Å²) in [4.78, 5) is 0. The third kappa shape index (κ3) is 2.24. The number of benzene rings is 1. The van der Waals surface area contributed by atoms with Crippen molar-refractivity contribution in [2.45, 2.75) is 37.5 Å². The van der Waals surface area contributed by atoms with Crippen LogP contribution in [-0.4, -0.2) is 23.4 Å². The number of nitrogens with zero attached hydrogens (tertiary/aromatic N) is 2. The van der Waals surface area contributed by atoms with Crippen LogP contribution in [0.25, 0.3) is 0 Å². The molecule has 1 saturated heterocycles. The van der Waals surface area contributed by atoms with Crippen molar-refractivity contribution in [1.82, 2.24) is 10.2 Å². The molecule has 1 aromatic heterocycles. The van der Waals surface area contributed by atoms with Crippen LogP contribution < -0.4 is 0 Å². The van der Waals surface area contributed by atoms with Gasteiger partial charge in [0.2, 0.25) is 11.8 Å². The largest absolute Gasteiger partial charge is 0.424 e. The molecule has 4 nitrogen and oxygen atoms in total. The van der Waals surface area contributed by atoms with Crippen LogP contribution >= 0.6 is 0 Å². The van der Waals surface area contributed by atoms with Crippen LogP contribution in [0, 0.1) is 11.7 Å². The van der Waals surface area contributed by atoms with E-state index in [9.17, 15) is 4.39 Å². The fourth-order valence-corrected chi connectivity index (χ4v) is 3.36. The van der Waals surface area contributed by atoms with E-state index in [0.717, 1.165) is 30.7 Å². The van der Waals surface area contributed by atoms with Crippen LogP contribution in [0.1, 0.15) is 49.4 Å². The van der Waals surface area contributed by atoms with Crippen LogP contribution in [0.2, 0.25) is 0 Å². The lowest BCUT2D eigenvalue weighted by Gasteiger charge is -2.34. The van der Waals surface area contributed by atoms with Crippen LogP contribution in [0.3, 0.4) is 0 Å². The summed E-state index contributed by atoms with van der Waals surface area (Å²) in [5.74, 6) is 2.20. The summed E-state index contributed by atoms with van der Waals surface area (Å²) in [7, 11) is 0. The Morgan fingerprint density at radius 3 is 2.45 bits per heavy atom. The van der Waals surface area contributed by atoms with E-state index < -0.39 is 0 Å². The van der Waals surface area contributed by atoms with E-state index in [4.69, 9.17) is 9.15 Å². The maximum Gasteiger partial charge on any atom is 0.227 e. The van der Waals surface area contributed by atoms with Gasteiger partial charge in [-0.25, -0.2) is 4.39 Å². The first-order valence-corrected chi connectivity index (χ1v) is 7.87. The fraction of sp³-hybridized carbons (Fsp3) is 0.529. The third-order valence-electron chi connectivity index (χ3n) is 5.02. The molecule has 1 saturated carbocycles. The molecular formula is C17H19FN2O2. The molecule has 2 aromatic rings. The van der Waals surface area contributed by atoms with Crippen LogP contribution in [0.15, 0.2) is 28.7 Å². The zero-order valence-corrected chi connectivity index (χ0v) is 12.6. The van der Waals surface area contributed by atoms with Gasteiger partial charge in [0, 0.05) is 19.1 Å². The van der Waals surface area contributed by atoms with Crippen molar-refractivity contribution < 1.29 is 13.5 Å². The van der Waals surface area contributed by atoms with Gasteiger partial charge in [-0.15, -0.1) is 10.2 Å². The van der Waals surface area contributed by atoms with E-state index in [1.165, 1.54) is 12.1 Å². The first-order chi connectivity index (χ1) is 10.7. The minimum Gasteiger partial charge on any atom is -0.424 e. The summed E-state index contributed by atoms with van der Waals surface area (Å²) in [6.07, 6.45) is 2.68. The van der Waals surface area contributed by atoms with Gasteiger partial charge in [0.25, 0.3) is 0 Å². The molecule has 0 unspecified atom stereocenters. The van der Waals surface area contributed by atoms with Gasteiger partial charge in [-0.05, 0) is 42.9 Å². The Balaban J connectivity index is 1.74. The monoisotopic (exact) mass is 302 g/mol. The molecular weight excluding hydrogens is 283 g/mol. The topological polar surface area (TPSA) is 48.2 Å². The normalized spacial score (nSPS) is 26.8. The van der Waals surface area contributed by atoms with E-state index >= 15 is 0 Å². The average molecular weight is 302 g/mol. The average Bonchev–Trinajstić information content (AvgIpc) is 3.08. The second kappa shape index (κ2) is 5.16. The highest BCUT2D eigenvalue weighted by Gasteiger charge is 2.44. The number of hydrogen-bond donors (Lipinski definition) is 0. The predicted octanol–water partition coefficient (Wildman–Crippen LogP) is 3.43. The molecule has 2 atom stereocenters. The highest BCUT2D eigenvalue weighted by atomic mass is 19.1. The Kier molecular flexibility index (Phi) is 3.26. The van der Waals surface area contributed by atoms with Gasteiger partial charge in [-0.3, -0.25) is 0 Å². The number of halogens is 1. The van der Waals surface area contributed by atoms with Crippen molar-refractivity contribution >= 4 is 0 Å². The first-order valence-electron chi connectivity index (χ1n) is 7.87. The quantitative estimate of drug-likeness (QED) is 0.871. The second-order valence-electron chi connectivity index (χ2n) is 6.47. The minimum atomic E-state index is -0.352. The highest BCUT2D eigenvalue weighted by Crippen LogP contribution is 2.48. The molecule has 0 bridgehead atoms. The number of rotatable bonds is 3. The molecule has 0 radical (unpaired) electrons. The van der Waals surface area contributed by atoms with E-state index in [-0.39, 0.29) is 11.2 Å². The molecule has 1 aromatic carbocycles. The number of hydrogen-bond acceptors (Lipinski definition) is 4. The Labute approximate surface area is 128 Å². The lowest BCUT2D eigenvalue weighted by Crippen LogP contribution is -2.35. The summed E-state index contributed by atoms with van der Waals surface area (Å²) in [5, 5.41) is 8.60. The maximum atomic E-state index is 13.3. The summed E-state index contributed by atoms with van der Waals surface area (Å²) in [6, 6.07) is 6.63. The summed E-state index contributed by atoms with van der Waals surface area (Å²) in [5.41, 5.74) is 0.672. The molecule has 0 N–H and O–H groups in total. The van der Waals surface area contributed by atoms with Gasteiger partial charge in [0.15, 0.2) is 0 Å². The van der Waals surface area contributed by atoms with Gasteiger partial charge in [0.1, 0.15) is 5.82 Å². The number of aromatic nitrogens is 2. The van der Waals surface area contributed by atoms with Crippen molar-refractivity contribution in [2.75, 3.05) is 13.2 Å². The molecule has 0 spiro atoms. The van der Waals surface area contributed by atoms with Gasteiger partial charge in [0.05, 0.1) is 5.41 Å². The molecule has 0 amide bonds. The van der Waals surface area contributed by atoms with Crippen LogP contribution in [0.5, 0.6) is 0 Å². The zero-order valence-electron chi connectivity index (χ0n) is 12.6. The molecule has 1 aliphatic carbocycles. The van der Waals surface area contributed by atoms with E-state index in [1.807, 2.05) is 12.1 Å². The second-order valence-corrected chi connectivity index (χ2v) is 6.47. The number of ether oxygens (including phenoxy) is 1. The van der Waals surface area contributed by atoms with E-state index in [1.54, 1.807) is 0 Å².